The molecule has 0 bridgehead atoms. The summed E-state index contributed by atoms with van der Waals surface area (Å²) >= 11 is 3.80. The molecule has 0 fully saturated rings. The molecule has 10 aromatic rings. The Bertz CT molecular complexity index is 2760. The second-order valence-corrected chi connectivity index (χ2v) is 13.8. The van der Waals surface area contributed by atoms with Gasteiger partial charge in [-0.1, -0.05) is 115 Å². The molecule has 0 aliphatic heterocycles. The third-order valence-electron chi connectivity index (χ3n) is 9.22. The van der Waals surface area contributed by atoms with Crippen molar-refractivity contribution in [3.05, 3.63) is 152 Å². The van der Waals surface area contributed by atoms with Gasteiger partial charge in [-0.25, -0.2) is 0 Å². The lowest BCUT2D eigenvalue weighted by molar-refractivity contribution is 1.20. The first-order valence-corrected chi connectivity index (χ1v) is 16.9. The molecule has 0 saturated carbocycles. The van der Waals surface area contributed by atoms with E-state index in [9.17, 15) is 0 Å². The average Bonchev–Trinajstić information content (AvgIpc) is 3.78. The highest BCUT2D eigenvalue weighted by atomic mass is 32.1. The van der Waals surface area contributed by atoms with Gasteiger partial charge < -0.3 is 4.57 Å². The van der Waals surface area contributed by atoms with Gasteiger partial charge >= 0.3 is 0 Å². The number of rotatable bonds is 3. The van der Waals surface area contributed by atoms with Crippen molar-refractivity contribution in [1.82, 2.24) is 4.57 Å². The van der Waals surface area contributed by atoms with Crippen LogP contribution >= 0.6 is 22.7 Å². The monoisotopic (exact) mass is 607 g/mol. The van der Waals surface area contributed by atoms with Gasteiger partial charge in [-0.05, 0) is 53.1 Å². The van der Waals surface area contributed by atoms with Crippen LogP contribution in [0.5, 0.6) is 0 Å². The summed E-state index contributed by atoms with van der Waals surface area (Å²) in [5.74, 6) is 0. The Morgan fingerprint density at radius 1 is 0.378 bits per heavy atom. The summed E-state index contributed by atoms with van der Waals surface area (Å²) in [6.45, 7) is 0. The second-order valence-electron chi connectivity index (χ2n) is 11.7. The molecule has 0 atom stereocenters. The minimum absolute atomic E-state index is 1.23. The van der Waals surface area contributed by atoms with E-state index in [0.29, 0.717) is 0 Å². The molecule has 0 saturated heterocycles. The lowest BCUT2D eigenvalue weighted by atomic mass is 9.97. The molecule has 7 aromatic carbocycles. The highest BCUT2D eigenvalue weighted by Gasteiger charge is 2.20. The third-order valence-corrected chi connectivity index (χ3v) is 11.6. The number of hydrogen-bond acceptors (Lipinski definition) is 2. The van der Waals surface area contributed by atoms with E-state index in [1.54, 1.807) is 0 Å². The van der Waals surface area contributed by atoms with Crippen molar-refractivity contribution >= 4 is 84.8 Å². The number of benzene rings is 7. The smallest absolute Gasteiger partial charge is 0.0555 e. The van der Waals surface area contributed by atoms with Crippen molar-refractivity contribution in [2.75, 3.05) is 0 Å². The summed E-state index contributed by atoms with van der Waals surface area (Å²) in [6.07, 6.45) is 0. The van der Waals surface area contributed by atoms with Crippen molar-refractivity contribution in [3.8, 4) is 27.9 Å². The van der Waals surface area contributed by atoms with Crippen LogP contribution < -0.4 is 0 Å². The van der Waals surface area contributed by atoms with Crippen molar-refractivity contribution in [1.29, 1.82) is 0 Å². The average molecular weight is 608 g/mol. The summed E-state index contributed by atoms with van der Waals surface area (Å²) < 4.78 is 7.82. The predicted molar refractivity (Wildman–Crippen MR) is 197 cm³/mol. The zero-order valence-electron chi connectivity index (χ0n) is 24.2. The van der Waals surface area contributed by atoms with Crippen LogP contribution in [0.15, 0.2) is 152 Å². The van der Waals surface area contributed by atoms with Gasteiger partial charge in [0.25, 0.3) is 0 Å². The molecule has 3 heterocycles. The Kier molecular flexibility index (Phi) is 5.39. The van der Waals surface area contributed by atoms with Crippen LogP contribution in [0, 0.1) is 0 Å². The number of thiophene rings is 2. The molecule has 0 amide bonds. The minimum Gasteiger partial charge on any atom is -0.309 e. The lowest BCUT2D eigenvalue weighted by Gasteiger charge is -2.13. The number of hydrogen-bond donors (Lipinski definition) is 0. The lowest BCUT2D eigenvalue weighted by Crippen LogP contribution is -1.95. The summed E-state index contributed by atoms with van der Waals surface area (Å²) in [7, 11) is 0. The van der Waals surface area contributed by atoms with E-state index in [2.05, 4.69) is 156 Å². The van der Waals surface area contributed by atoms with E-state index in [1.165, 1.54) is 90.1 Å². The van der Waals surface area contributed by atoms with Crippen LogP contribution in [0.4, 0.5) is 0 Å². The van der Waals surface area contributed by atoms with Gasteiger partial charge in [0, 0.05) is 56.7 Å². The summed E-state index contributed by atoms with van der Waals surface area (Å²) in [6, 6.07) is 55.8. The van der Waals surface area contributed by atoms with Gasteiger partial charge in [0.1, 0.15) is 0 Å². The maximum absolute atomic E-state index is 2.50. The molecular formula is C42H25NS2. The molecule has 0 radical (unpaired) electrons. The molecular weight excluding hydrogens is 583 g/mol. The Hall–Kier alpha value is -5.22. The summed E-state index contributed by atoms with van der Waals surface area (Å²) in [5.41, 5.74) is 8.76. The molecule has 3 aromatic heterocycles. The number of nitrogens with zero attached hydrogens (tertiary/aromatic N) is 1. The first-order valence-electron chi connectivity index (χ1n) is 15.3. The van der Waals surface area contributed by atoms with Gasteiger partial charge in [0.2, 0.25) is 0 Å². The fourth-order valence-corrected chi connectivity index (χ4v) is 9.64. The van der Waals surface area contributed by atoms with Crippen LogP contribution in [-0.2, 0) is 0 Å². The Labute approximate surface area is 267 Å². The predicted octanol–water partition coefficient (Wildman–Crippen LogP) is 12.9. The van der Waals surface area contributed by atoms with Crippen molar-refractivity contribution in [2.24, 2.45) is 0 Å². The van der Waals surface area contributed by atoms with Crippen LogP contribution in [0.25, 0.3) is 90.1 Å². The van der Waals surface area contributed by atoms with Gasteiger partial charge in [-0.3, -0.25) is 0 Å². The van der Waals surface area contributed by atoms with E-state index >= 15 is 0 Å². The van der Waals surface area contributed by atoms with Crippen LogP contribution in [0.1, 0.15) is 0 Å². The zero-order valence-corrected chi connectivity index (χ0v) is 25.8. The molecule has 1 nitrogen and oxygen atoms in total. The first kappa shape index (κ1) is 25.1. The van der Waals surface area contributed by atoms with Gasteiger partial charge in [-0.15, -0.1) is 22.7 Å². The highest BCUT2D eigenvalue weighted by molar-refractivity contribution is 7.27. The van der Waals surface area contributed by atoms with Crippen molar-refractivity contribution in [3.63, 3.8) is 0 Å². The maximum Gasteiger partial charge on any atom is 0.0555 e. The fraction of sp³-hybridized carbons (Fsp3) is 0. The number of para-hydroxylation sites is 1. The molecule has 0 N–H and O–H groups in total. The molecule has 0 unspecified atom stereocenters. The standard InChI is InChI=1S/C42H25NS2/c1-2-11-26(12-3-1)27-23-24-29-28-13-4-6-18-34(28)43(36(29)25-27)35-19-10-22-39-41(35)40-31(15-9-21-38(40)44-39)33-17-8-16-32-30-14-5-7-20-37(30)45-42(32)33/h1-25H. The first-order chi connectivity index (χ1) is 22.3. The summed E-state index contributed by atoms with van der Waals surface area (Å²) in [5, 5.41) is 7.88. The van der Waals surface area contributed by atoms with Crippen molar-refractivity contribution < 1.29 is 0 Å². The minimum atomic E-state index is 1.23. The number of fused-ring (bicyclic) bond motifs is 9. The van der Waals surface area contributed by atoms with Crippen LogP contribution in [0.3, 0.4) is 0 Å². The summed E-state index contributed by atoms with van der Waals surface area (Å²) in [4.78, 5) is 0. The van der Waals surface area contributed by atoms with Crippen LogP contribution in [-0.4, -0.2) is 4.57 Å². The SMILES string of the molecule is c1ccc(-c2ccc3c4ccccc4n(-c4cccc5sc6cccc(-c7cccc8c7sc7ccccc78)c6c45)c3c2)cc1. The van der Waals surface area contributed by atoms with Gasteiger partial charge in [-0.2, -0.15) is 0 Å². The van der Waals surface area contributed by atoms with E-state index in [-0.39, 0.29) is 0 Å². The Morgan fingerprint density at radius 3 is 1.96 bits per heavy atom. The molecule has 0 spiro atoms. The Balaban J connectivity index is 1.32. The van der Waals surface area contributed by atoms with Gasteiger partial charge in [0.05, 0.1) is 16.7 Å². The molecule has 0 aliphatic rings. The van der Waals surface area contributed by atoms with Crippen molar-refractivity contribution in [2.45, 2.75) is 0 Å². The van der Waals surface area contributed by atoms with Gasteiger partial charge in [0.15, 0.2) is 0 Å². The fourth-order valence-electron chi connectivity index (χ4n) is 7.26. The molecule has 0 aliphatic carbocycles. The second kappa shape index (κ2) is 9.64. The number of aromatic nitrogens is 1. The maximum atomic E-state index is 2.50. The molecule has 210 valence electrons. The normalized spacial score (nSPS) is 12.0. The van der Waals surface area contributed by atoms with E-state index in [4.69, 9.17) is 0 Å². The quantitative estimate of drug-likeness (QED) is 0.188. The van der Waals surface area contributed by atoms with E-state index in [1.807, 2.05) is 22.7 Å². The third kappa shape index (κ3) is 3.66. The highest BCUT2D eigenvalue weighted by Crippen LogP contribution is 2.47. The van der Waals surface area contributed by atoms with E-state index < -0.39 is 0 Å². The van der Waals surface area contributed by atoms with Crippen LogP contribution in [0.2, 0.25) is 0 Å². The molecule has 10 rings (SSSR count). The topological polar surface area (TPSA) is 4.93 Å². The Morgan fingerprint density at radius 2 is 1.04 bits per heavy atom. The zero-order chi connectivity index (χ0) is 29.5. The van der Waals surface area contributed by atoms with E-state index in [0.717, 1.165) is 0 Å². The largest absolute Gasteiger partial charge is 0.309 e. The molecule has 3 heteroatoms. The molecule has 45 heavy (non-hydrogen) atoms.